The molecule has 4 heteroatoms. The molecular weight excluding hydrogens is 256 g/mol. The minimum absolute atomic E-state index is 0.328. The number of carbonyl (C=O) groups excluding carboxylic acids is 2. The highest BCUT2D eigenvalue weighted by Crippen LogP contribution is 2.30. The molecule has 0 atom stereocenters. The van der Waals surface area contributed by atoms with E-state index in [-0.39, 0.29) is 0 Å². The van der Waals surface area contributed by atoms with Crippen molar-refractivity contribution in [3.63, 3.8) is 0 Å². The van der Waals surface area contributed by atoms with Crippen LogP contribution in [0.2, 0.25) is 0 Å². The summed E-state index contributed by atoms with van der Waals surface area (Å²) in [6, 6.07) is 3.15. The topological polar surface area (TPSA) is 52.6 Å². The smallest absolute Gasteiger partial charge is 0.161 e. The molecule has 0 fully saturated rings. The Bertz CT molecular complexity index is 399. The Labute approximate surface area is 120 Å². The molecule has 0 saturated heterocycles. The number of aldehydes is 2. The van der Waals surface area contributed by atoms with Gasteiger partial charge in [-0.3, -0.25) is 9.59 Å². The summed E-state index contributed by atoms with van der Waals surface area (Å²) in [5.41, 5.74) is 0.656. The van der Waals surface area contributed by atoms with Gasteiger partial charge in [-0.1, -0.05) is 26.7 Å². The third-order valence-corrected chi connectivity index (χ3v) is 2.91. The third kappa shape index (κ3) is 4.68. The summed E-state index contributed by atoms with van der Waals surface area (Å²) < 4.78 is 11.3. The molecule has 0 amide bonds. The van der Waals surface area contributed by atoms with Crippen LogP contribution in [-0.4, -0.2) is 25.8 Å². The molecule has 110 valence electrons. The molecule has 0 N–H and O–H groups in total. The Balaban J connectivity index is 2.95. The van der Waals surface area contributed by atoms with E-state index in [9.17, 15) is 9.59 Å². The summed E-state index contributed by atoms with van der Waals surface area (Å²) in [6.45, 7) is 5.29. The predicted octanol–water partition coefficient (Wildman–Crippen LogP) is 3.67. The number of carbonyl (C=O) groups is 2. The van der Waals surface area contributed by atoms with Gasteiger partial charge in [0.25, 0.3) is 0 Å². The van der Waals surface area contributed by atoms with Crippen molar-refractivity contribution < 1.29 is 19.1 Å². The highest BCUT2D eigenvalue weighted by Gasteiger charge is 2.11. The van der Waals surface area contributed by atoms with E-state index < -0.39 is 0 Å². The van der Waals surface area contributed by atoms with Crippen LogP contribution < -0.4 is 9.47 Å². The maximum atomic E-state index is 11.0. The summed E-state index contributed by atoms with van der Waals surface area (Å²) in [5, 5.41) is 0. The number of benzene rings is 1. The lowest BCUT2D eigenvalue weighted by Crippen LogP contribution is -2.04. The minimum atomic E-state index is 0.328. The molecule has 0 spiro atoms. The number of rotatable bonds is 10. The van der Waals surface area contributed by atoms with Crippen LogP contribution in [0.1, 0.15) is 60.2 Å². The van der Waals surface area contributed by atoms with Crippen LogP contribution in [0.15, 0.2) is 12.1 Å². The first kappa shape index (κ1) is 16.2. The fraction of sp³-hybridized carbons (Fsp3) is 0.500. The Morgan fingerprint density at radius 1 is 0.850 bits per heavy atom. The highest BCUT2D eigenvalue weighted by atomic mass is 16.5. The maximum absolute atomic E-state index is 11.0. The third-order valence-electron chi connectivity index (χ3n) is 2.91. The summed E-state index contributed by atoms with van der Waals surface area (Å²) >= 11 is 0. The molecule has 4 nitrogen and oxygen atoms in total. The number of hydrogen-bond acceptors (Lipinski definition) is 4. The van der Waals surface area contributed by atoms with Gasteiger partial charge >= 0.3 is 0 Å². The molecule has 1 aromatic carbocycles. The lowest BCUT2D eigenvalue weighted by Gasteiger charge is -2.14. The molecule has 1 aromatic rings. The summed E-state index contributed by atoms with van der Waals surface area (Å²) in [7, 11) is 0. The molecule has 0 aliphatic heterocycles. The fourth-order valence-electron chi connectivity index (χ4n) is 1.67. The van der Waals surface area contributed by atoms with Gasteiger partial charge in [-0.05, 0) is 25.0 Å². The van der Waals surface area contributed by atoms with Crippen LogP contribution in [0.3, 0.4) is 0 Å². The molecular formula is C16H22O4. The molecule has 0 radical (unpaired) electrons. The largest absolute Gasteiger partial charge is 0.490 e. The zero-order valence-corrected chi connectivity index (χ0v) is 12.2. The van der Waals surface area contributed by atoms with Crippen molar-refractivity contribution in [2.75, 3.05) is 13.2 Å². The Hall–Kier alpha value is -1.84. The van der Waals surface area contributed by atoms with Crippen molar-refractivity contribution in [2.45, 2.75) is 39.5 Å². The van der Waals surface area contributed by atoms with E-state index in [1.165, 1.54) is 0 Å². The second kappa shape index (κ2) is 9.13. The molecule has 0 saturated carbocycles. The number of hydrogen-bond donors (Lipinski definition) is 0. The molecule has 0 aliphatic rings. The van der Waals surface area contributed by atoms with Gasteiger partial charge in [0.2, 0.25) is 0 Å². The average Bonchev–Trinajstić information content (AvgIpc) is 2.48. The standard InChI is InChI=1S/C16H22O4/c1-3-5-7-19-15-9-13(11-17)14(12-18)10-16(15)20-8-6-4-2/h9-12H,3-8H2,1-2H3. The van der Waals surface area contributed by atoms with Gasteiger partial charge in [-0.2, -0.15) is 0 Å². The molecule has 0 bridgehead atoms. The van der Waals surface area contributed by atoms with Crippen molar-refractivity contribution in [1.29, 1.82) is 0 Å². The normalized spacial score (nSPS) is 10.1. The highest BCUT2D eigenvalue weighted by molar-refractivity contribution is 5.91. The van der Waals surface area contributed by atoms with Gasteiger partial charge in [0, 0.05) is 11.1 Å². The summed E-state index contributed by atoms with van der Waals surface area (Å²) in [6.07, 6.45) is 5.23. The second-order valence-corrected chi connectivity index (χ2v) is 4.57. The lowest BCUT2D eigenvalue weighted by molar-refractivity contribution is 0.109. The van der Waals surface area contributed by atoms with Crippen LogP contribution >= 0.6 is 0 Å². The maximum Gasteiger partial charge on any atom is 0.161 e. The first-order valence-corrected chi connectivity index (χ1v) is 7.10. The van der Waals surface area contributed by atoms with Crippen LogP contribution in [0.5, 0.6) is 11.5 Å². The quantitative estimate of drug-likeness (QED) is 0.484. The predicted molar refractivity (Wildman–Crippen MR) is 78.0 cm³/mol. The number of unbranched alkanes of at least 4 members (excludes halogenated alkanes) is 2. The van der Waals surface area contributed by atoms with Gasteiger partial charge in [-0.15, -0.1) is 0 Å². The Kier molecular flexibility index (Phi) is 7.40. The van der Waals surface area contributed by atoms with Crippen molar-refractivity contribution in [3.05, 3.63) is 23.3 Å². The SMILES string of the molecule is CCCCOc1cc(C=O)c(C=O)cc1OCCCC. The zero-order chi connectivity index (χ0) is 14.8. The summed E-state index contributed by atoms with van der Waals surface area (Å²) in [5.74, 6) is 1.06. The first-order valence-electron chi connectivity index (χ1n) is 7.10. The van der Waals surface area contributed by atoms with Gasteiger partial charge in [-0.25, -0.2) is 0 Å². The van der Waals surface area contributed by atoms with Crippen molar-refractivity contribution >= 4 is 12.6 Å². The monoisotopic (exact) mass is 278 g/mol. The van der Waals surface area contributed by atoms with Gasteiger partial charge in [0.15, 0.2) is 24.1 Å². The van der Waals surface area contributed by atoms with Crippen molar-refractivity contribution in [3.8, 4) is 11.5 Å². The lowest BCUT2D eigenvalue weighted by atomic mass is 10.1. The first-order chi connectivity index (χ1) is 9.76. The van der Waals surface area contributed by atoms with E-state index in [0.29, 0.717) is 48.4 Å². The Morgan fingerprint density at radius 2 is 1.25 bits per heavy atom. The van der Waals surface area contributed by atoms with Crippen molar-refractivity contribution in [1.82, 2.24) is 0 Å². The van der Waals surface area contributed by atoms with Gasteiger partial charge in [0.05, 0.1) is 13.2 Å². The molecule has 1 rings (SSSR count). The molecule has 0 unspecified atom stereocenters. The Morgan fingerprint density at radius 3 is 1.55 bits per heavy atom. The number of ether oxygens (including phenoxy) is 2. The zero-order valence-electron chi connectivity index (χ0n) is 12.2. The van der Waals surface area contributed by atoms with E-state index in [0.717, 1.165) is 25.7 Å². The fourth-order valence-corrected chi connectivity index (χ4v) is 1.67. The van der Waals surface area contributed by atoms with E-state index >= 15 is 0 Å². The molecule has 0 aromatic heterocycles. The van der Waals surface area contributed by atoms with Gasteiger partial charge in [0.1, 0.15) is 0 Å². The van der Waals surface area contributed by atoms with Gasteiger partial charge < -0.3 is 9.47 Å². The van der Waals surface area contributed by atoms with E-state index in [1.807, 2.05) is 0 Å². The van der Waals surface area contributed by atoms with E-state index in [1.54, 1.807) is 12.1 Å². The van der Waals surface area contributed by atoms with E-state index in [4.69, 9.17) is 9.47 Å². The van der Waals surface area contributed by atoms with Crippen LogP contribution in [0, 0.1) is 0 Å². The van der Waals surface area contributed by atoms with Crippen molar-refractivity contribution in [2.24, 2.45) is 0 Å². The average molecular weight is 278 g/mol. The van der Waals surface area contributed by atoms with Crippen LogP contribution in [0.25, 0.3) is 0 Å². The van der Waals surface area contributed by atoms with E-state index in [2.05, 4.69) is 13.8 Å². The van der Waals surface area contributed by atoms with Crippen LogP contribution in [0.4, 0.5) is 0 Å². The summed E-state index contributed by atoms with van der Waals surface area (Å²) in [4.78, 5) is 22.0. The molecule has 0 aliphatic carbocycles. The second-order valence-electron chi connectivity index (χ2n) is 4.57. The van der Waals surface area contributed by atoms with Crippen LogP contribution in [-0.2, 0) is 0 Å². The molecule has 20 heavy (non-hydrogen) atoms. The molecule has 0 heterocycles. The minimum Gasteiger partial charge on any atom is -0.490 e.